The van der Waals surface area contributed by atoms with Gasteiger partial charge in [0.2, 0.25) is 5.91 Å². The monoisotopic (exact) mass is 468 g/mol. The summed E-state index contributed by atoms with van der Waals surface area (Å²) in [6.45, 7) is 10.9. The van der Waals surface area contributed by atoms with Crippen LogP contribution in [0.5, 0.6) is 0 Å². The Hall–Kier alpha value is -2.04. The highest BCUT2D eigenvalue weighted by molar-refractivity contribution is 6.04. The van der Waals surface area contributed by atoms with Crippen molar-refractivity contribution in [2.24, 2.45) is 17.8 Å². The zero-order valence-electron chi connectivity index (χ0n) is 21.9. The van der Waals surface area contributed by atoms with Crippen molar-refractivity contribution in [3.8, 4) is 0 Å². The van der Waals surface area contributed by atoms with Crippen molar-refractivity contribution >= 4 is 23.4 Å². The minimum Gasteiger partial charge on any atom is -0.446 e. The van der Waals surface area contributed by atoms with E-state index in [1.165, 1.54) is 37.7 Å². The molecule has 2 amide bonds. The number of amides is 2. The lowest BCUT2D eigenvalue weighted by molar-refractivity contribution is -0.120. The van der Waals surface area contributed by atoms with E-state index in [1.54, 1.807) is 4.90 Å². The summed E-state index contributed by atoms with van der Waals surface area (Å²) < 4.78 is 5.60. The lowest BCUT2D eigenvalue weighted by Gasteiger charge is -2.41. The minimum absolute atomic E-state index is 0.0686. The molecule has 2 aliphatic carbocycles. The largest absolute Gasteiger partial charge is 0.446 e. The van der Waals surface area contributed by atoms with Gasteiger partial charge in [0.1, 0.15) is 0 Å². The number of hydrogen-bond acceptors (Lipinski definition) is 3. The zero-order chi connectivity index (χ0) is 24.4. The minimum atomic E-state index is -0.316. The van der Waals surface area contributed by atoms with Gasteiger partial charge in [0.05, 0.1) is 23.5 Å². The highest BCUT2D eigenvalue weighted by atomic mass is 16.6. The molecule has 0 saturated heterocycles. The lowest BCUT2D eigenvalue weighted by atomic mass is 9.85. The highest BCUT2D eigenvalue weighted by Crippen LogP contribution is 2.43. The number of benzene rings is 1. The average molecular weight is 469 g/mol. The van der Waals surface area contributed by atoms with E-state index in [0.29, 0.717) is 12.5 Å². The Balaban J connectivity index is 1.61. The topological polar surface area (TPSA) is 49.9 Å². The number of nitrogens with zero attached hydrogens (tertiary/aromatic N) is 2. The molecule has 3 aliphatic rings. The van der Waals surface area contributed by atoms with E-state index in [-0.39, 0.29) is 30.1 Å². The molecule has 2 fully saturated rings. The lowest BCUT2D eigenvalue weighted by Crippen LogP contribution is -2.52. The smallest absolute Gasteiger partial charge is 0.414 e. The molecular formula is C29H44N2O3. The number of fused-ring (bicyclic) bond motifs is 1. The Labute approximate surface area is 206 Å². The molecule has 0 spiro atoms. The second kappa shape index (κ2) is 10.7. The number of carbonyl (C=O) groups is 2. The first kappa shape index (κ1) is 25.1. The van der Waals surface area contributed by atoms with Crippen LogP contribution in [-0.2, 0) is 9.53 Å². The van der Waals surface area contributed by atoms with E-state index in [4.69, 9.17) is 4.74 Å². The van der Waals surface area contributed by atoms with Crippen molar-refractivity contribution in [2.75, 3.05) is 16.3 Å². The third kappa shape index (κ3) is 5.95. The summed E-state index contributed by atoms with van der Waals surface area (Å²) in [5.74, 6) is 2.57. The van der Waals surface area contributed by atoms with Gasteiger partial charge in [-0.3, -0.25) is 9.69 Å². The molecule has 0 radical (unpaired) electrons. The quantitative estimate of drug-likeness (QED) is 0.362. The molecule has 4 rings (SSSR count). The van der Waals surface area contributed by atoms with Crippen LogP contribution in [-0.4, -0.2) is 30.7 Å². The highest BCUT2D eigenvalue weighted by Gasteiger charge is 2.41. The van der Waals surface area contributed by atoms with Crippen LogP contribution in [0.1, 0.15) is 104 Å². The molecule has 188 valence electrons. The molecule has 1 aromatic carbocycles. The normalized spacial score (nSPS) is 21.9. The van der Waals surface area contributed by atoms with Crippen molar-refractivity contribution < 1.29 is 14.3 Å². The predicted molar refractivity (Wildman–Crippen MR) is 138 cm³/mol. The van der Waals surface area contributed by atoms with Crippen molar-refractivity contribution in [3.63, 3.8) is 0 Å². The molecule has 3 atom stereocenters. The summed E-state index contributed by atoms with van der Waals surface area (Å²) in [5, 5.41) is 0. The molecule has 0 N–H and O–H groups in total. The fourth-order valence-electron chi connectivity index (χ4n) is 5.55. The third-order valence-electron chi connectivity index (χ3n) is 7.71. The van der Waals surface area contributed by atoms with Crippen molar-refractivity contribution in [1.29, 1.82) is 0 Å². The van der Waals surface area contributed by atoms with Gasteiger partial charge in [-0.2, -0.15) is 0 Å². The van der Waals surface area contributed by atoms with E-state index < -0.39 is 0 Å². The summed E-state index contributed by atoms with van der Waals surface area (Å²) in [6, 6.07) is 6.41. The van der Waals surface area contributed by atoms with E-state index >= 15 is 0 Å². The number of anilines is 2. The summed E-state index contributed by atoms with van der Waals surface area (Å²) in [4.78, 5) is 30.0. The fourth-order valence-corrected chi connectivity index (χ4v) is 5.55. The van der Waals surface area contributed by atoms with Gasteiger partial charge >= 0.3 is 6.09 Å². The van der Waals surface area contributed by atoms with E-state index in [9.17, 15) is 9.59 Å². The Morgan fingerprint density at radius 2 is 1.76 bits per heavy atom. The Bertz CT molecular complexity index is 874. The first-order chi connectivity index (χ1) is 16.3. The predicted octanol–water partition coefficient (Wildman–Crippen LogP) is 7.28. The molecular weight excluding hydrogens is 424 g/mol. The molecule has 3 unspecified atom stereocenters. The van der Waals surface area contributed by atoms with Gasteiger partial charge in [-0.15, -0.1) is 0 Å². The van der Waals surface area contributed by atoms with Crippen LogP contribution in [0.25, 0.3) is 0 Å². The van der Waals surface area contributed by atoms with E-state index in [1.807, 2.05) is 25.7 Å². The van der Waals surface area contributed by atoms with Crippen molar-refractivity contribution in [3.05, 3.63) is 23.8 Å². The molecule has 1 aromatic rings. The van der Waals surface area contributed by atoms with Crippen LogP contribution in [0.2, 0.25) is 0 Å². The molecule has 34 heavy (non-hydrogen) atoms. The summed E-state index contributed by atoms with van der Waals surface area (Å²) >= 11 is 0. The van der Waals surface area contributed by atoms with Gasteiger partial charge in [0.25, 0.3) is 0 Å². The number of carbonyl (C=O) groups excluding carboxylic acids is 2. The summed E-state index contributed by atoms with van der Waals surface area (Å²) in [6.07, 6.45) is 10.4. The second-order valence-electron chi connectivity index (χ2n) is 11.5. The Morgan fingerprint density at radius 1 is 1.03 bits per heavy atom. The van der Waals surface area contributed by atoms with Crippen LogP contribution in [0, 0.1) is 17.8 Å². The molecule has 5 heteroatoms. The zero-order valence-corrected chi connectivity index (χ0v) is 21.9. The standard InChI is InChI=1S/C29H44N2O3/c1-6-7-23(11-8-20(4)16-22-9-10-22)25-14-15-26-27(17-25)30(29(33)34-19(2)3)18-21(5)31(26)28(32)24-12-13-24/h14-15,17,19-24H,6-13,16,18H2,1-5H3. The van der Waals surface area contributed by atoms with Crippen LogP contribution in [0.3, 0.4) is 0 Å². The number of hydrogen-bond donors (Lipinski definition) is 0. The van der Waals surface area contributed by atoms with Crippen LogP contribution >= 0.6 is 0 Å². The maximum Gasteiger partial charge on any atom is 0.414 e. The molecule has 1 aliphatic heterocycles. The maximum atomic E-state index is 13.2. The van der Waals surface area contributed by atoms with Gasteiger partial charge in [-0.05, 0) is 88.3 Å². The molecule has 0 bridgehead atoms. The van der Waals surface area contributed by atoms with Crippen LogP contribution in [0.15, 0.2) is 18.2 Å². The first-order valence-corrected chi connectivity index (χ1v) is 13.7. The third-order valence-corrected chi connectivity index (χ3v) is 7.71. The average Bonchev–Trinajstić information content (AvgIpc) is 3.69. The van der Waals surface area contributed by atoms with E-state index in [0.717, 1.165) is 48.9 Å². The van der Waals surface area contributed by atoms with Gasteiger partial charge < -0.3 is 9.64 Å². The maximum absolute atomic E-state index is 13.2. The molecule has 1 heterocycles. The van der Waals surface area contributed by atoms with Gasteiger partial charge in [0, 0.05) is 12.5 Å². The second-order valence-corrected chi connectivity index (χ2v) is 11.5. The van der Waals surface area contributed by atoms with E-state index in [2.05, 4.69) is 32.0 Å². The Morgan fingerprint density at radius 3 is 2.38 bits per heavy atom. The van der Waals surface area contributed by atoms with Crippen molar-refractivity contribution in [1.82, 2.24) is 0 Å². The van der Waals surface area contributed by atoms with Crippen LogP contribution < -0.4 is 9.80 Å². The van der Waals surface area contributed by atoms with Crippen LogP contribution in [0.4, 0.5) is 16.2 Å². The SMILES string of the molecule is CCCC(CCC(C)CC1CC1)c1ccc2c(c1)N(C(=O)OC(C)C)CC(C)N2C(=O)C1CC1. The van der Waals surface area contributed by atoms with Gasteiger partial charge in [-0.25, -0.2) is 4.79 Å². The molecule has 2 saturated carbocycles. The molecule has 0 aromatic heterocycles. The van der Waals surface area contributed by atoms with Gasteiger partial charge in [0.15, 0.2) is 0 Å². The fraction of sp³-hybridized carbons (Fsp3) is 0.724. The molecule has 5 nitrogen and oxygen atoms in total. The Kier molecular flexibility index (Phi) is 7.89. The number of ether oxygens (including phenoxy) is 1. The summed E-state index contributed by atoms with van der Waals surface area (Å²) in [7, 11) is 0. The summed E-state index contributed by atoms with van der Waals surface area (Å²) in [5.41, 5.74) is 2.98. The number of rotatable bonds is 10. The van der Waals surface area contributed by atoms with Gasteiger partial charge in [-0.1, -0.05) is 45.6 Å². The first-order valence-electron chi connectivity index (χ1n) is 13.7. The van der Waals surface area contributed by atoms with Crippen molar-refractivity contribution in [2.45, 2.75) is 110 Å².